The second-order valence-corrected chi connectivity index (χ2v) is 4.44. The summed E-state index contributed by atoms with van der Waals surface area (Å²) in [5.41, 5.74) is 2.59. The third-order valence-electron chi connectivity index (χ3n) is 3.25. The Labute approximate surface area is 111 Å². The molecule has 3 nitrogen and oxygen atoms in total. The molecule has 2 atom stereocenters. The van der Waals surface area contributed by atoms with Gasteiger partial charge in [-0.05, 0) is 5.56 Å². The van der Waals surface area contributed by atoms with Gasteiger partial charge < -0.3 is 9.63 Å². The fraction of sp³-hybridized carbons (Fsp3) is 0.125. The van der Waals surface area contributed by atoms with Gasteiger partial charge in [-0.25, -0.2) is 0 Å². The Morgan fingerprint density at radius 3 is 2.21 bits per heavy atom. The van der Waals surface area contributed by atoms with E-state index in [1.54, 1.807) is 0 Å². The molecule has 0 fully saturated rings. The minimum absolute atomic E-state index is 0.325. The van der Waals surface area contributed by atoms with Crippen molar-refractivity contribution < 1.29 is 9.63 Å². The van der Waals surface area contributed by atoms with E-state index < -0.39 is 0 Å². The molecule has 0 radical (unpaired) electrons. The lowest BCUT2D eigenvalue weighted by Crippen LogP contribution is -2.19. The van der Waals surface area contributed by atoms with Crippen molar-refractivity contribution in [2.24, 2.45) is 11.1 Å². The van der Waals surface area contributed by atoms with Crippen molar-refractivity contribution >= 4 is 12.0 Å². The Kier molecular flexibility index (Phi) is 3.11. The maximum absolute atomic E-state index is 11.4. The number of nitrogens with zero attached hydrogens (tertiary/aromatic N) is 1. The highest BCUT2D eigenvalue weighted by Gasteiger charge is 2.35. The lowest BCUT2D eigenvalue weighted by Gasteiger charge is -2.13. The van der Waals surface area contributed by atoms with Gasteiger partial charge >= 0.3 is 0 Å². The molecule has 1 heterocycles. The van der Waals surface area contributed by atoms with Crippen molar-refractivity contribution in [2.45, 2.75) is 6.10 Å². The Morgan fingerprint density at radius 2 is 1.58 bits per heavy atom. The van der Waals surface area contributed by atoms with Gasteiger partial charge in [-0.15, -0.1) is 0 Å². The molecule has 0 N–H and O–H groups in total. The number of benzene rings is 2. The first-order valence-electron chi connectivity index (χ1n) is 6.19. The summed E-state index contributed by atoms with van der Waals surface area (Å²) in [6.45, 7) is 0. The predicted molar refractivity (Wildman–Crippen MR) is 72.8 cm³/mol. The summed E-state index contributed by atoms with van der Waals surface area (Å²) in [5.74, 6) is -0.357. The molecule has 1 aliphatic rings. The topological polar surface area (TPSA) is 38.7 Å². The molecule has 2 aromatic rings. The van der Waals surface area contributed by atoms with Gasteiger partial charge in [-0.3, -0.25) is 0 Å². The van der Waals surface area contributed by atoms with Gasteiger partial charge in [0.2, 0.25) is 0 Å². The Balaban J connectivity index is 1.92. The van der Waals surface area contributed by atoms with E-state index in [9.17, 15) is 4.79 Å². The van der Waals surface area contributed by atoms with Crippen LogP contribution in [0.1, 0.15) is 17.2 Å². The van der Waals surface area contributed by atoms with E-state index in [1.165, 1.54) is 0 Å². The lowest BCUT2D eigenvalue weighted by molar-refractivity contribution is -0.112. The van der Waals surface area contributed by atoms with E-state index in [0.717, 1.165) is 17.4 Å². The highest BCUT2D eigenvalue weighted by atomic mass is 16.6. The molecule has 2 aromatic carbocycles. The van der Waals surface area contributed by atoms with Gasteiger partial charge in [0.25, 0.3) is 0 Å². The highest BCUT2D eigenvalue weighted by molar-refractivity contribution is 6.09. The Bertz CT molecular complexity index is 593. The van der Waals surface area contributed by atoms with Gasteiger partial charge in [-0.2, -0.15) is 0 Å². The van der Waals surface area contributed by atoms with E-state index in [2.05, 4.69) is 5.16 Å². The number of carbonyl (C=O) groups is 1. The van der Waals surface area contributed by atoms with Crippen molar-refractivity contribution in [3.8, 4) is 0 Å². The molecule has 0 amide bonds. The van der Waals surface area contributed by atoms with Gasteiger partial charge in [-0.1, -0.05) is 65.8 Å². The first-order chi connectivity index (χ1) is 9.40. The van der Waals surface area contributed by atoms with Crippen LogP contribution in [0.4, 0.5) is 0 Å². The zero-order valence-electron chi connectivity index (χ0n) is 10.3. The third kappa shape index (κ3) is 2.15. The zero-order valence-corrected chi connectivity index (χ0v) is 10.3. The quantitative estimate of drug-likeness (QED) is 0.787. The highest BCUT2D eigenvalue weighted by Crippen LogP contribution is 2.33. The van der Waals surface area contributed by atoms with E-state index in [0.29, 0.717) is 5.71 Å². The number of carbonyl (C=O) groups excluding carboxylic acids is 1. The first-order valence-corrected chi connectivity index (χ1v) is 6.19. The van der Waals surface area contributed by atoms with Crippen LogP contribution < -0.4 is 0 Å². The second kappa shape index (κ2) is 5.06. The SMILES string of the molecule is O=CC1C(c2ccccc2)=NOC1c1ccccc1. The first kappa shape index (κ1) is 11.7. The van der Waals surface area contributed by atoms with E-state index >= 15 is 0 Å². The molecule has 0 saturated carbocycles. The van der Waals surface area contributed by atoms with Crippen LogP contribution in [0.15, 0.2) is 65.8 Å². The monoisotopic (exact) mass is 251 g/mol. The summed E-state index contributed by atoms with van der Waals surface area (Å²) in [6, 6.07) is 19.4. The average molecular weight is 251 g/mol. The van der Waals surface area contributed by atoms with Crippen LogP contribution in [0.25, 0.3) is 0 Å². The molecular formula is C16H13NO2. The fourth-order valence-corrected chi connectivity index (χ4v) is 2.28. The summed E-state index contributed by atoms with van der Waals surface area (Å²) in [6.07, 6.45) is 0.588. The van der Waals surface area contributed by atoms with Gasteiger partial charge in [0.1, 0.15) is 17.9 Å². The van der Waals surface area contributed by atoms with Crippen LogP contribution in [0.5, 0.6) is 0 Å². The number of oxime groups is 1. The van der Waals surface area contributed by atoms with Crippen molar-refractivity contribution in [1.82, 2.24) is 0 Å². The number of hydrogen-bond acceptors (Lipinski definition) is 3. The number of aldehydes is 1. The Hall–Kier alpha value is -2.42. The normalized spacial score (nSPS) is 21.6. The average Bonchev–Trinajstić information content (AvgIpc) is 2.93. The van der Waals surface area contributed by atoms with Crippen LogP contribution in [0, 0.1) is 5.92 Å². The lowest BCUT2D eigenvalue weighted by atomic mass is 9.90. The maximum atomic E-state index is 11.4. The molecule has 0 spiro atoms. The third-order valence-corrected chi connectivity index (χ3v) is 3.25. The van der Waals surface area contributed by atoms with E-state index in [-0.39, 0.29) is 12.0 Å². The molecular weight excluding hydrogens is 238 g/mol. The number of hydrogen-bond donors (Lipinski definition) is 0. The summed E-state index contributed by atoms with van der Waals surface area (Å²) < 4.78 is 0. The molecule has 0 bridgehead atoms. The summed E-state index contributed by atoms with van der Waals surface area (Å²) in [5, 5.41) is 4.10. The standard InChI is InChI=1S/C16H13NO2/c18-11-14-15(12-7-3-1-4-8-12)17-19-16(14)13-9-5-2-6-10-13/h1-11,14,16H. The van der Waals surface area contributed by atoms with Crippen LogP contribution in [0.3, 0.4) is 0 Å². The number of rotatable bonds is 3. The van der Waals surface area contributed by atoms with Crippen molar-refractivity contribution in [3.05, 3.63) is 71.8 Å². The van der Waals surface area contributed by atoms with Gasteiger partial charge in [0.05, 0.1) is 0 Å². The van der Waals surface area contributed by atoms with Crippen molar-refractivity contribution in [3.63, 3.8) is 0 Å². The molecule has 94 valence electrons. The summed E-state index contributed by atoms with van der Waals surface area (Å²) >= 11 is 0. The molecule has 0 saturated heterocycles. The van der Waals surface area contributed by atoms with Crippen LogP contribution in [0.2, 0.25) is 0 Å². The van der Waals surface area contributed by atoms with Crippen molar-refractivity contribution in [2.75, 3.05) is 0 Å². The molecule has 19 heavy (non-hydrogen) atoms. The molecule has 0 aromatic heterocycles. The fourth-order valence-electron chi connectivity index (χ4n) is 2.28. The van der Waals surface area contributed by atoms with Crippen LogP contribution >= 0.6 is 0 Å². The molecule has 1 aliphatic heterocycles. The van der Waals surface area contributed by atoms with Crippen LogP contribution in [-0.2, 0) is 9.63 Å². The van der Waals surface area contributed by atoms with E-state index in [4.69, 9.17) is 4.84 Å². The summed E-state index contributed by atoms with van der Waals surface area (Å²) in [4.78, 5) is 16.9. The summed E-state index contributed by atoms with van der Waals surface area (Å²) in [7, 11) is 0. The second-order valence-electron chi connectivity index (χ2n) is 4.44. The molecule has 3 heteroatoms. The Morgan fingerprint density at radius 1 is 0.947 bits per heavy atom. The predicted octanol–water partition coefficient (Wildman–Crippen LogP) is 2.98. The maximum Gasteiger partial charge on any atom is 0.167 e. The molecule has 0 aliphatic carbocycles. The van der Waals surface area contributed by atoms with Crippen LogP contribution in [-0.4, -0.2) is 12.0 Å². The van der Waals surface area contributed by atoms with E-state index in [1.807, 2.05) is 60.7 Å². The molecule has 3 rings (SSSR count). The minimum atomic E-state index is -0.357. The molecule has 2 unspecified atom stereocenters. The zero-order chi connectivity index (χ0) is 13.1. The van der Waals surface area contributed by atoms with Gasteiger partial charge in [0.15, 0.2) is 6.10 Å². The van der Waals surface area contributed by atoms with Gasteiger partial charge in [0, 0.05) is 5.56 Å². The largest absolute Gasteiger partial charge is 0.386 e. The van der Waals surface area contributed by atoms with Crippen molar-refractivity contribution in [1.29, 1.82) is 0 Å². The minimum Gasteiger partial charge on any atom is -0.386 e. The smallest absolute Gasteiger partial charge is 0.167 e.